The molecule has 0 aromatic heterocycles. The summed E-state index contributed by atoms with van der Waals surface area (Å²) in [5.41, 5.74) is 1.23. The third-order valence-electron chi connectivity index (χ3n) is 2.02. The van der Waals surface area contributed by atoms with Gasteiger partial charge in [-0.1, -0.05) is 46.3 Å². The zero-order valence-electron chi connectivity index (χ0n) is 8.92. The van der Waals surface area contributed by atoms with Crippen LogP contribution in [0.4, 0.5) is 0 Å². The zero-order valence-corrected chi connectivity index (χ0v) is 10.5. The summed E-state index contributed by atoms with van der Waals surface area (Å²) in [4.78, 5) is 0. The molecule has 0 spiro atoms. The number of benzene rings is 1. The van der Waals surface area contributed by atoms with E-state index in [4.69, 9.17) is 4.74 Å². The zero-order chi connectivity index (χ0) is 10.8. The lowest BCUT2D eigenvalue weighted by molar-refractivity contribution is 0.123. The van der Waals surface area contributed by atoms with Crippen LogP contribution in [0.25, 0.3) is 0 Å². The Kier molecular flexibility index (Phi) is 7.52. The van der Waals surface area contributed by atoms with Crippen LogP contribution in [0.5, 0.6) is 0 Å². The second-order valence-electron chi connectivity index (χ2n) is 3.33. The molecular weight excluding hydrogens is 254 g/mol. The maximum atomic E-state index is 5.53. The van der Waals surface area contributed by atoms with Crippen LogP contribution < -0.4 is 5.32 Å². The quantitative estimate of drug-likeness (QED) is 0.580. The van der Waals surface area contributed by atoms with E-state index in [0.717, 1.165) is 25.0 Å². The Balaban J connectivity index is 1.93. The first-order valence-corrected chi connectivity index (χ1v) is 6.44. The van der Waals surface area contributed by atoms with Gasteiger partial charge in [-0.25, -0.2) is 0 Å². The molecule has 1 N–H and O–H groups in total. The van der Waals surface area contributed by atoms with Gasteiger partial charge in [0.2, 0.25) is 0 Å². The van der Waals surface area contributed by atoms with Crippen LogP contribution in [0.2, 0.25) is 0 Å². The maximum absolute atomic E-state index is 5.53. The Hall–Kier alpha value is -0.380. The predicted molar refractivity (Wildman–Crippen MR) is 67.4 cm³/mol. The van der Waals surface area contributed by atoms with Gasteiger partial charge in [0.1, 0.15) is 0 Å². The van der Waals surface area contributed by atoms with Crippen molar-refractivity contribution in [3.8, 4) is 0 Å². The summed E-state index contributed by atoms with van der Waals surface area (Å²) in [6.45, 7) is 3.47. The Bertz CT molecular complexity index is 241. The molecule has 15 heavy (non-hydrogen) atoms. The summed E-state index contributed by atoms with van der Waals surface area (Å²) >= 11 is 3.39. The predicted octanol–water partition coefficient (Wildman–Crippen LogP) is 2.58. The Labute approximate surface area is 100 Å². The van der Waals surface area contributed by atoms with Crippen molar-refractivity contribution in [3.05, 3.63) is 35.9 Å². The lowest BCUT2D eigenvalue weighted by Crippen LogP contribution is -2.21. The monoisotopic (exact) mass is 271 g/mol. The smallest absolute Gasteiger partial charge is 0.0717 e. The summed E-state index contributed by atoms with van der Waals surface area (Å²) in [5.74, 6) is 0. The number of alkyl halides is 1. The van der Waals surface area contributed by atoms with Crippen molar-refractivity contribution in [3.63, 3.8) is 0 Å². The highest BCUT2D eigenvalue weighted by Crippen LogP contribution is 1.99. The average molecular weight is 272 g/mol. The molecule has 84 valence electrons. The number of hydrogen-bond donors (Lipinski definition) is 1. The fourth-order valence-corrected chi connectivity index (χ4v) is 1.51. The van der Waals surface area contributed by atoms with Crippen molar-refractivity contribution in [2.24, 2.45) is 0 Å². The second kappa shape index (κ2) is 8.89. The maximum Gasteiger partial charge on any atom is 0.0717 e. The molecule has 0 atom stereocenters. The van der Waals surface area contributed by atoms with Crippen LogP contribution >= 0.6 is 15.9 Å². The van der Waals surface area contributed by atoms with E-state index in [1.807, 2.05) is 18.2 Å². The van der Waals surface area contributed by atoms with Crippen LogP contribution in [-0.4, -0.2) is 25.0 Å². The molecule has 0 amide bonds. The topological polar surface area (TPSA) is 21.3 Å². The SMILES string of the molecule is BrCCCNCCOCc1ccccc1. The number of hydrogen-bond acceptors (Lipinski definition) is 2. The number of rotatable bonds is 8. The van der Waals surface area contributed by atoms with Gasteiger partial charge in [0.05, 0.1) is 13.2 Å². The summed E-state index contributed by atoms with van der Waals surface area (Å²) < 4.78 is 5.53. The van der Waals surface area contributed by atoms with Gasteiger partial charge in [-0.05, 0) is 18.5 Å². The van der Waals surface area contributed by atoms with Gasteiger partial charge in [-0.3, -0.25) is 0 Å². The van der Waals surface area contributed by atoms with Crippen LogP contribution in [-0.2, 0) is 11.3 Å². The first kappa shape index (κ1) is 12.7. The Morgan fingerprint density at radius 3 is 2.67 bits per heavy atom. The second-order valence-corrected chi connectivity index (χ2v) is 4.12. The molecule has 0 radical (unpaired) electrons. The molecule has 3 heteroatoms. The first-order valence-electron chi connectivity index (χ1n) is 5.32. The minimum absolute atomic E-state index is 0.709. The van der Waals surface area contributed by atoms with E-state index in [0.29, 0.717) is 6.61 Å². The van der Waals surface area contributed by atoms with Gasteiger partial charge < -0.3 is 10.1 Å². The van der Waals surface area contributed by atoms with E-state index in [1.165, 1.54) is 12.0 Å². The van der Waals surface area contributed by atoms with E-state index in [-0.39, 0.29) is 0 Å². The molecule has 0 saturated heterocycles. The van der Waals surface area contributed by atoms with Crippen molar-refractivity contribution in [1.82, 2.24) is 5.32 Å². The van der Waals surface area contributed by atoms with Gasteiger partial charge in [0, 0.05) is 11.9 Å². The van der Waals surface area contributed by atoms with Crippen LogP contribution in [0, 0.1) is 0 Å². The normalized spacial score (nSPS) is 10.5. The molecule has 0 aliphatic rings. The minimum Gasteiger partial charge on any atom is -0.375 e. The third kappa shape index (κ3) is 6.66. The van der Waals surface area contributed by atoms with Crippen molar-refractivity contribution >= 4 is 15.9 Å². The first-order chi connectivity index (χ1) is 7.43. The highest BCUT2D eigenvalue weighted by Gasteiger charge is 1.91. The molecule has 0 aliphatic heterocycles. The van der Waals surface area contributed by atoms with Crippen molar-refractivity contribution in [1.29, 1.82) is 0 Å². The Morgan fingerprint density at radius 2 is 1.93 bits per heavy atom. The largest absolute Gasteiger partial charge is 0.375 e. The molecule has 0 aliphatic carbocycles. The fourth-order valence-electron chi connectivity index (χ4n) is 1.23. The van der Waals surface area contributed by atoms with E-state index in [2.05, 4.69) is 33.4 Å². The van der Waals surface area contributed by atoms with Crippen molar-refractivity contribution in [2.45, 2.75) is 13.0 Å². The van der Waals surface area contributed by atoms with Gasteiger partial charge in [0.25, 0.3) is 0 Å². The molecule has 0 saturated carbocycles. The summed E-state index contributed by atoms with van der Waals surface area (Å²) in [6.07, 6.45) is 1.17. The summed E-state index contributed by atoms with van der Waals surface area (Å²) in [7, 11) is 0. The molecule has 1 aromatic rings. The van der Waals surface area contributed by atoms with E-state index in [9.17, 15) is 0 Å². The molecular formula is C12H18BrNO. The lowest BCUT2D eigenvalue weighted by atomic mass is 10.2. The van der Waals surface area contributed by atoms with Crippen molar-refractivity contribution in [2.75, 3.05) is 25.0 Å². The highest BCUT2D eigenvalue weighted by atomic mass is 79.9. The number of ether oxygens (including phenoxy) is 1. The number of nitrogens with one attached hydrogen (secondary N) is 1. The highest BCUT2D eigenvalue weighted by molar-refractivity contribution is 9.09. The molecule has 1 aromatic carbocycles. The molecule has 0 fully saturated rings. The molecule has 0 bridgehead atoms. The Morgan fingerprint density at radius 1 is 1.13 bits per heavy atom. The van der Waals surface area contributed by atoms with Crippen molar-refractivity contribution < 1.29 is 4.74 Å². The van der Waals surface area contributed by atoms with E-state index in [1.54, 1.807) is 0 Å². The average Bonchev–Trinajstić information content (AvgIpc) is 2.29. The summed E-state index contributed by atoms with van der Waals surface area (Å²) in [6, 6.07) is 10.3. The van der Waals surface area contributed by atoms with E-state index >= 15 is 0 Å². The summed E-state index contributed by atoms with van der Waals surface area (Å²) in [5, 5.41) is 4.38. The van der Waals surface area contributed by atoms with Crippen LogP contribution in [0.1, 0.15) is 12.0 Å². The lowest BCUT2D eigenvalue weighted by Gasteiger charge is -2.05. The van der Waals surface area contributed by atoms with E-state index < -0.39 is 0 Å². The van der Waals surface area contributed by atoms with Gasteiger partial charge >= 0.3 is 0 Å². The van der Waals surface area contributed by atoms with Crippen LogP contribution in [0.15, 0.2) is 30.3 Å². The van der Waals surface area contributed by atoms with Gasteiger partial charge in [-0.15, -0.1) is 0 Å². The minimum atomic E-state index is 0.709. The molecule has 1 rings (SSSR count). The number of halogens is 1. The van der Waals surface area contributed by atoms with Crippen LogP contribution in [0.3, 0.4) is 0 Å². The third-order valence-corrected chi connectivity index (χ3v) is 2.58. The standard InChI is InChI=1S/C12H18BrNO/c13-7-4-8-14-9-10-15-11-12-5-2-1-3-6-12/h1-3,5-6,14H,4,7-11H2. The van der Waals surface area contributed by atoms with Gasteiger partial charge in [0.15, 0.2) is 0 Å². The molecule has 0 unspecified atom stereocenters. The van der Waals surface area contributed by atoms with Gasteiger partial charge in [-0.2, -0.15) is 0 Å². The molecule has 2 nitrogen and oxygen atoms in total. The fraction of sp³-hybridized carbons (Fsp3) is 0.500. The molecule has 0 heterocycles.